The van der Waals surface area contributed by atoms with Gasteiger partial charge in [-0.1, -0.05) is 0 Å². The van der Waals surface area contributed by atoms with Crippen LogP contribution in [-0.4, -0.2) is 66.9 Å². The Kier molecular flexibility index (Phi) is 4.93. The van der Waals surface area contributed by atoms with E-state index >= 15 is 0 Å². The number of nitrogens with zero attached hydrogens (tertiary/aromatic N) is 4. The number of aliphatic hydroxyl groups is 2. The Bertz CT molecular complexity index is 1140. The molecule has 0 saturated heterocycles. The predicted octanol–water partition coefficient (Wildman–Crippen LogP) is 0.0148. The van der Waals surface area contributed by atoms with Crippen molar-refractivity contribution in [2.45, 2.75) is 31.6 Å². The van der Waals surface area contributed by atoms with Crippen LogP contribution in [0.5, 0.6) is 0 Å². The molecule has 1 aliphatic rings. The van der Waals surface area contributed by atoms with E-state index in [4.69, 9.17) is 0 Å². The van der Waals surface area contributed by atoms with Crippen molar-refractivity contribution >= 4 is 22.9 Å². The molecule has 10 heteroatoms. The summed E-state index contributed by atoms with van der Waals surface area (Å²) < 4.78 is 1.68. The molecule has 0 aliphatic heterocycles. The van der Waals surface area contributed by atoms with E-state index in [0.717, 1.165) is 5.69 Å². The quantitative estimate of drug-likeness (QED) is 0.384. The Morgan fingerprint density at radius 1 is 1.33 bits per heavy atom. The van der Waals surface area contributed by atoms with Crippen LogP contribution in [0.25, 0.3) is 11.2 Å². The smallest absolute Gasteiger partial charge is 0.228 e. The number of aromatic amines is 1. The first-order valence-corrected chi connectivity index (χ1v) is 9.55. The van der Waals surface area contributed by atoms with Crippen LogP contribution in [-0.2, 0) is 4.79 Å². The van der Waals surface area contributed by atoms with Gasteiger partial charge in [-0.3, -0.25) is 4.79 Å². The van der Waals surface area contributed by atoms with Crippen molar-refractivity contribution in [3.8, 4) is 11.8 Å². The van der Waals surface area contributed by atoms with Crippen molar-refractivity contribution in [1.29, 1.82) is 0 Å². The first-order valence-electron chi connectivity index (χ1n) is 9.55. The van der Waals surface area contributed by atoms with Crippen LogP contribution in [0.1, 0.15) is 30.9 Å². The number of anilines is 1. The van der Waals surface area contributed by atoms with E-state index in [-0.39, 0.29) is 18.2 Å². The van der Waals surface area contributed by atoms with E-state index in [1.165, 1.54) is 7.05 Å². The van der Waals surface area contributed by atoms with E-state index in [9.17, 15) is 15.0 Å². The lowest BCUT2D eigenvalue weighted by Crippen LogP contribution is -2.45. The summed E-state index contributed by atoms with van der Waals surface area (Å²) in [5.41, 5.74) is 0.569. The monoisotopic (exact) mass is 409 g/mol. The molecule has 156 valence electrons. The van der Waals surface area contributed by atoms with E-state index in [2.05, 4.69) is 42.4 Å². The van der Waals surface area contributed by atoms with Crippen molar-refractivity contribution in [2.75, 3.05) is 19.4 Å². The number of fused-ring (bicyclic) bond motifs is 1. The van der Waals surface area contributed by atoms with Gasteiger partial charge in [0.15, 0.2) is 17.0 Å². The molecule has 0 radical (unpaired) electrons. The van der Waals surface area contributed by atoms with Crippen LogP contribution < -0.4 is 10.6 Å². The molecule has 10 nitrogen and oxygen atoms in total. The van der Waals surface area contributed by atoms with Gasteiger partial charge in [-0.05, 0) is 37.3 Å². The van der Waals surface area contributed by atoms with Crippen LogP contribution in [0.15, 0.2) is 24.7 Å². The molecule has 4 atom stereocenters. The molecule has 0 spiro atoms. The number of amides is 1. The van der Waals surface area contributed by atoms with Crippen molar-refractivity contribution in [2.24, 2.45) is 5.41 Å². The molecular formula is C20H23N7O3. The van der Waals surface area contributed by atoms with Gasteiger partial charge >= 0.3 is 0 Å². The van der Waals surface area contributed by atoms with Crippen LogP contribution in [0.4, 0.5) is 5.82 Å². The summed E-state index contributed by atoms with van der Waals surface area (Å²) in [6.07, 6.45) is 1.16. The van der Waals surface area contributed by atoms with Gasteiger partial charge in [-0.2, -0.15) is 0 Å². The highest BCUT2D eigenvalue weighted by atomic mass is 16.3. The zero-order valence-corrected chi connectivity index (χ0v) is 16.8. The number of carbonyl (C=O) groups is 1. The summed E-state index contributed by atoms with van der Waals surface area (Å²) in [6.45, 7) is 1.64. The minimum Gasteiger partial charge on any atom is -0.389 e. The average Bonchev–Trinajstić information content (AvgIpc) is 3.47. The Morgan fingerprint density at radius 2 is 2.13 bits per heavy atom. The number of nitrogens with one attached hydrogen (secondary N) is 3. The van der Waals surface area contributed by atoms with Gasteiger partial charge in [-0.15, -0.1) is 0 Å². The number of aliphatic hydroxyl groups excluding tert-OH is 2. The zero-order chi connectivity index (χ0) is 21.5. The highest BCUT2D eigenvalue weighted by molar-refractivity contribution is 5.85. The topological polar surface area (TPSA) is 141 Å². The molecule has 1 amide bonds. The molecule has 5 N–H and O–H groups in total. The maximum atomic E-state index is 12.4. The second-order valence-electron chi connectivity index (χ2n) is 7.51. The molecule has 3 aromatic rings. The van der Waals surface area contributed by atoms with Crippen molar-refractivity contribution in [1.82, 2.24) is 29.8 Å². The Labute approximate surface area is 172 Å². The third-order valence-corrected chi connectivity index (χ3v) is 5.67. The number of aromatic nitrogens is 5. The maximum absolute atomic E-state index is 12.4. The van der Waals surface area contributed by atoms with Crippen LogP contribution in [0.3, 0.4) is 0 Å². The van der Waals surface area contributed by atoms with Gasteiger partial charge < -0.3 is 30.4 Å². The van der Waals surface area contributed by atoms with Crippen LogP contribution >= 0.6 is 0 Å². The van der Waals surface area contributed by atoms with Gasteiger partial charge in [0.2, 0.25) is 11.7 Å². The maximum Gasteiger partial charge on any atom is 0.228 e. The molecule has 0 aromatic carbocycles. The van der Waals surface area contributed by atoms with Gasteiger partial charge in [-0.25, -0.2) is 15.0 Å². The second-order valence-corrected chi connectivity index (χ2v) is 7.51. The number of carbonyl (C=O) groups excluding carboxylic acids is 1. The van der Waals surface area contributed by atoms with E-state index in [1.807, 2.05) is 12.1 Å². The lowest BCUT2D eigenvalue weighted by Gasteiger charge is -2.26. The predicted molar refractivity (Wildman–Crippen MR) is 109 cm³/mol. The van der Waals surface area contributed by atoms with E-state index in [1.54, 1.807) is 31.1 Å². The van der Waals surface area contributed by atoms with Crippen LogP contribution in [0.2, 0.25) is 0 Å². The second kappa shape index (κ2) is 7.44. The third-order valence-electron chi connectivity index (χ3n) is 5.67. The SMILES string of the molecule is CNC(=O)C1(C)C[C@@H](n2cnc3c(NC)nc(C#Cc4ccc[nH]4)nc32)[C@H](O)[C@@H]1O. The fourth-order valence-electron chi connectivity index (χ4n) is 3.96. The normalized spacial score (nSPS) is 25.7. The molecule has 1 fully saturated rings. The Morgan fingerprint density at radius 3 is 2.80 bits per heavy atom. The molecular weight excluding hydrogens is 386 g/mol. The first-order chi connectivity index (χ1) is 14.4. The lowest BCUT2D eigenvalue weighted by atomic mass is 9.85. The summed E-state index contributed by atoms with van der Waals surface area (Å²) in [4.78, 5) is 28.7. The molecule has 1 unspecified atom stereocenters. The summed E-state index contributed by atoms with van der Waals surface area (Å²) >= 11 is 0. The molecule has 3 aromatic heterocycles. The van der Waals surface area contributed by atoms with Gasteiger partial charge in [0.1, 0.15) is 6.10 Å². The highest BCUT2D eigenvalue weighted by Crippen LogP contribution is 2.45. The molecule has 0 bridgehead atoms. The number of rotatable bonds is 3. The average molecular weight is 409 g/mol. The summed E-state index contributed by atoms with van der Waals surface area (Å²) in [5.74, 6) is 6.33. The lowest BCUT2D eigenvalue weighted by molar-refractivity contribution is -0.136. The Balaban J connectivity index is 1.78. The molecule has 30 heavy (non-hydrogen) atoms. The number of imidazole rings is 1. The van der Waals surface area contributed by atoms with E-state index in [0.29, 0.717) is 17.0 Å². The molecule has 1 aliphatic carbocycles. The molecule has 1 saturated carbocycles. The number of hydrogen-bond acceptors (Lipinski definition) is 7. The number of hydrogen-bond donors (Lipinski definition) is 5. The molecule has 3 heterocycles. The highest BCUT2D eigenvalue weighted by Gasteiger charge is 2.54. The minimum absolute atomic E-state index is 0.225. The standard InChI is InChI=1S/C20H23N7O3/c1-20(19(30)22-3)9-12(15(28)16(20)29)27-10-24-14-17(21-2)25-13(26-18(14)27)7-6-11-5-4-8-23-11/h4-5,8,10,12,15-16,23,28-29H,9H2,1-3H3,(H,22,30)(H,21,25,26)/t12-,15+,16+,20?/m1/s1. The van der Waals surface area contributed by atoms with Gasteiger partial charge in [0, 0.05) is 20.3 Å². The first kappa shape index (κ1) is 19.9. The van der Waals surface area contributed by atoms with Crippen LogP contribution in [0, 0.1) is 17.3 Å². The third kappa shape index (κ3) is 3.08. The zero-order valence-electron chi connectivity index (χ0n) is 16.8. The van der Waals surface area contributed by atoms with Gasteiger partial charge in [0.25, 0.3) is 0 Å². The number of H-pyrrole nitrogens is 1. The largest absolute Gasteiger partial charge is 0.389 e. The summed E-state index contributed by atoms with van der Waals surface area (Å²) in [6, 6.07) is 3.10. The summed E-state index contributed by atoms with van der Waals surface area (Å²) in [7, 11) is 3.23. The minimum atomic E-state index is -1.22. The summed E-state index contributed by atoms with van der Waals surface area (Å²) in [5, 5.41) is 26.9. The van der Waals surface area contributed by atoms with E-state index < -0.39 is 23.7 Å². The fourth-order valence-corrected chi connectivity index (χ4v) is 3.96. The van der Waals surface area contributed by atoms with Crippen molar-refractivity contribution < 1.29 is 15.0 Å². The van der Waals surface area contributed by atoms with Gasteiger partial charge in [0.05, 0.1) is 29.6 Å². The van der Waals surface area contributed by atoms with Crippen molar-refractivity contribution in [3.63, 3.8) is 0 Å². The fraction of sp³-hybridized carbons (Fsp3) is 0.400. The van der Waals surface area contributed by atoms with Crippen molar-refractivity contribution in [3.05, 3.63) is 36.2 Å². The molecule has 4 rings (SSSR count). The Hall–Kier alpha value is -3.42.